The van der Waals surface area contributed by atoms with Gasteiger partial charge in [-0.15, -0.1) is 0 Å². The first-order chi connectivity index (χ1) is 6.25. The van der Waals surface area contributed by atoms with Gasteiger partial charge in [-0.1, -0.05) is 0 Å². The predicted octanol–water partition coefficient (Wildman–Crippen LogP) is -3.63. The van der Waals surface area contributed by atoms with Gasteiger partial charge < -0.3 is 35.1 Å². The van der Waals surface area contributed by atoms with E-state index in [-0.39, 0.29) is 24.1 Å². The molecule has 0 unspecified atom stereocenters. The molecule has 0 aliphatic heterocycles. The molecule has 0 aromatic heterocycles. The Morgan fingerprint density at radius 3 is 1.07 bits per heavy atom. The van der Waals surface area contributed by atoms with Crippen LogP contribution in [0.4, 0.5) is 0 Å². The average molecular weight is 212 g/mol. The summed E-state index contributed by atoms with van der Waals surface area (Å²) in [4.78, 5) is 0. The summed E-state index contributed by atoms with van der Waals surface area (Å²) in [5.41, 5.74) is 0. The Morgan fingerprint density at radius 1 is 0.714 bits per heavy atom. The van der Waals surface area contributed by atoms with Crippen molar-refractivity contribution in [3.05, 3.63) is 0 Å². The summed E-state index contributed by atoms with van der Waals surface area (Å²) in [6.07, 6.45) is -4.92. The van der Waals surface area contributed by atoms with E-state index in [1.807, 2.05) is 0 Å². The van der Waals surface area contributed by atoms with Crippen molar-refractivity contribution >= 4 is 0 Å². The highest BCUT2D eigenvalue weighted by molar-refractivity contribution is 4.45. The minimum atomic E-state index is -1.64. The third kappa shape index (κ3) is 6.22. The lowest BCUT2D eigenvalue weighted by Crippen LogP contribution is -2.56. The van der Waals surface area contributed by atoms with E-state index in [2.05, 4.69) is 0 Å². The Kier molecular flexibility index (Phi) is 5.45. The summed E-state index contributed by atoms with van der Waals surface area (Å²) in [6.45, 7) is -0.639. The smallest absolute Gasteiger partial charge is 0.202 e. The van der Waals surface area contributed by atoms with E-state index < -0.39 is 18.9 Å². The van der Waals surface area contributed by atoms with Crippen molar-refractivity contribution < 1.29 is 35.1 Å². The molecule has 0 rings (SSSR count). The molecule has 0 radical (unpaired) electrons. The molecule has 0 saturated heterocycles. The summed E-state index contributed by atoms with van der Waals surface area (Å²) in [5, 5.41) is 52.4. The quantitative estimate of drug-likeness (QED) is 0.199. The van der Waals surface area contributed by atoms with Gasteiger partial charge in [0, 0.05) is 0 Å². The molecule has 7 nitrogen and oxygen atoms in total. The van der Waals surface area contributed by atoms with E-state index in [0.717, 1.165) is 0 Å². The van der Waals surface area contributed by atoms with E-state index in [9.17, 15) is 0 Å². The molecular formula is C7H18NO6+. The van der Waals surface area contributed by atoms with Crippen LogP contribution < -0.4 is 0 Å². The molecule has 6 N–H and O–H groups in total. The van der Waals surface area contributed by atoms with Gasteiger partial charge in [0.25, 0.3) is 0 Å². The molecule has 0 atom stereocenters. The minimum Gasteiger partial charge on any atom is -0.364 e. The summed E-state index contributed by atoms with van der Waals surface area (Å²) >= 11 is 0. The topological polar surface area (TPSA) is 121 Å². The first-order valence-electron chi connectivity index (χ1n) is 4.17. The van der Waals surface area contributed by atoms with Crippen molar-refractivity contribution in [2.24, 2.45) is 0 Å². The van der Waals surface area contributed by atoms with Crippen LogP contribution in [0, 0.1) is 0 Å². The average Bonchev–Trinajstić information content (AvgIpc) is 1.76. The van der Waals surface area contributed by atoms with Crippen LogP contribution in [0.3, 0.4) is 0 Å². The molecular weight excluding hydrogens is 194 g/mol. The van der Waals surface area contributed by atoms with E-state index in [4.69, 9.17) is 30.6 Å². The molecule has 0 aromatic carbocycles. The van der Waals surface area contributed by atoms with Gasteiger partial charge in [0.1, 0.15) is 19.6 Å². The fourth-order valence-corrected chi connectivity index (χ4v) is 1.41. The second-order valence-electron chi connectivity index (χ2n) is 3.61. The zero-order valence-electron chi connectivity index (χ0n) is 7.98. The maximum atomic E-state index is 8.73. The summed E-state index contributed by atoms with van der Waals surface area (Å²) < 4.78 is -0.257. The van der Waals surface area contributed by atoms with Gasteiger partial charge in [0.15, 0.2) is 0 Å². The Hall–Kier alpha value is -0.280. The highest BCUT2D eigenvalue weighted by atomic mass is 16.5. The molecule has 0 aliphatic rings. The SMILES string of the molecule is C[N+](CC(O)O)(CC(O)O)CC(O)O. The van der Waals surface area contributed by atoms with Crippen molar-refractivity contribution in [2.75, 3.05) is 26.7 Å². The molecule has 7 heteroatoms. The van der Waals surface area contributed by atoms with Crippen LogP contribution in [-0.4, -0.2) is 80.7 Å². The number of aliphatic hydroxyl groups excluding tert-OH is 3. The third-order valence-electron chi connectivity index (χ3n) is 1.81. The summed E-state index contributed by atoms with van der Waals surface area (Å²) in [5.74, 6) is 0. The van der Waals surface area contributed by atoms with Crippen LogP contribution in [-0.2, 0) is 0 Å². The monoisotopic (exact) mass is 212 g/mol. The molecule has 0 heterocycles. The van der Waals surface area contributed by atoms with Crippen molar-refractivity contribution in [1.82, 2.24) is 0 Å². The Bertz CT molecular complexity index is 134. The first-order valence-corrected chi connectivity index (χ1v) is 4.17. The standard InChI is InChI=1S/C7H18NO6/c1-8(2-5(9)10,3-6(11)12)4-7(13)14/h5-7,9-14H,2-4H2,1H3/q+1. The Morgan fingerprint density at radius 2 is 0.929 bits per heavy atom. The van der Waals surface area contributed by atoms with Crippen LogP contribution in [0.1, 0.15) is 0 Å². The first kappa shape index (κ1) is 13.7. The maximum Gasteiger partial charge on any atom is 0.202 e. The summed E-state index contributed by atoms with van der Waals surface area (Å²) in [6, 6.07) is 0. The second kappa shape index (κ2) is 5.56. The number of nitrogens with zero attached hydrogens (tertiary/aromatic N) is 1. The summed E-state index contributed by atoms with van der Waals surface area (Å²) in [7, 11) is 1.46. The molecule has 86 valence electrons. The van der Waals surface area contributed by atoms with E-state index >= 15 is 0 Å². The largest absolute Gasteiger partial charge is 0.364 e. The molecule has 14 heavy (non-hydrogen) atoms. The molecule has 0 saturated carbocycles. The number of likely N-dealkylation sites (N-methyl/N-ethyl adjacent to an activating group) is 1. The minimum absolute atomic E-state index is 0.213. The number of rotatable bonds is 6. The maximum absolute atomic E-state index is 8.73. The number of quaternary nitrogens is 1. The fourth-order valence-electron chi connectivity index (χ4n) is 1.41. The van der Waals surface area contributed by atoms with Crippen LogP contribution in [0.25, 0.3) is 0 Å². The Labute approximate surface area is 81.7 Å². The van der Waals surface area contributed by atoms with Gasteiger partial charge in [-0.25, -0.2) is 0 Å². The van der Waals surface area contributed by atoms with Crippen molar-refractivity contribution in [1.29, 1.82) is 0 Å². The van der Waals surface area contributed by atoms with Crippen LogP contribution >= 0.6 is 0 Å². The highest BCUT2D eigenvalue weighted by Gasteiger charge is 2.29. The fraction of sp³-hybridized carbons (Fsp3) is 1.00. The third-order valence-corrected chi connectivity index (χ3v) is 1.81. The second-order valence-corrected chi connectivity index (χ2v) is 3.61. The van der Waals surface area contributed by atoms with Gasteiger partial charge in [0.2, 0.25) is 18.9 Å². The van der Waals surface area contributed by atoms with Crippen molar-refractivity contribution in [2.45, 2.75) is 18.9 Å². The predicted molar refractivity (Wildman–Crippen MR) is 45.5 cm³/mol. The number of hydrogen-bond acceptors (Lipinski definition) is 6. The van der Waals surface area contributed by atoms with Gasteiger partial charge in [-0.3, -0.25) is 0 Å². The molecule has 0 spiro atoms. The van der Waals surface area contributed by atoms with Crippen LogP contribution in [0.15, 0.2) is 0 Å². The van der Waals surface area contributed by atoms with E-state index in [0.29, 0.717) is 0 Å². The van der Waals surface area contributed by atoms with Gasteiger partial charge in [0.05, 0.1) is 7.05 Å². The van der Waals surface area contributed by atoms with Crippen LogP contribution in [0.5, 0.6) is 0 Å². The lowest BCUT2D eigenvalue weighted by Gasteiger charge is -2.35. The van der Waals surface area contributed by atoms with E-state index in [1.165, 1.54) is 7.05 Å². The van der Waals surface area contributed by atoms with Gasteiger partial charge in [-0.2, -0.15) is 0 Å². The molecule has 0 bridgehead atoms. The van der Waals surface area contributed by atoms with E-state index in [1.54, 1.807) is 0 Å². The van der Waals surface area contributed by atoms with Crippen LogP contribution in [0.2, 0.25) is 0 Å². The zero-order valence-corrected chi connectivity index (χ0v) is 7.98. The number of aliphatic hydroxyl groups is 6. The zero-order chi connectivity index (χ0) is 11.4. The van der Waals surface area contributed by atoms with Crippen molar-refractivity contribution in [3.8, 4) is 0 Å². The molecule has 0 amide bonds. The highest BCUT2D eigenvalue weighted by Crippen LogP contribution is 2.06. The van der Waals surface area contributed by atoms with Crippen molar-refractivity contribution in [3.63, 3.8) is 0 Å². The lowest BCUT2D eigenvalue weighted by molar-refractivity contribution is -0.925. The lowest BCUT2D eigenvalue weighted by atomic mass is 10.3. The van der Waals surface area contributed by atoms with Gasteiger partial charge in [-0.05, 0) is 0 Å². The molecule has 0 aliphatic carbocycles. The Balaban J connectivity index is 4.32. The van der Waals surface area contributed by atoms with Gasteiger partial charge >= 0.3 is 0 Å². The number of hydrogen-bond donors (Lipinski definition) is 6. The molecule has 0 fully saturated rings. The molecule has 0 aromatic rings. The normalized spacial score (nSPS) is 13.3.